The van der Waals surface area contributed by atoms with Gasteiger partial charge in [-0.15, -0.1) is 11.3 Å². The standard InChI is InChI=1S/C25H27N5OS/c1-5-19-20(21-22(26)27-14-28-23(21)32-19)15-6-10-17(11-7-15)29-24(31)30-18-12-8-16(9-13-18)25(2,3)4/h6-14H,5H2,1-4H3,(H2,26,27,28)(H2,29,30,31). The molecule has 7 heteroatoms. The van der Waals surface area contributed by atoms with Crippen LogP contribution in [0.15, 0.2) is 54.9 Å². The zero-order valence-electron chi connectivity index (χ0n) is 18.7. The third-order valence-electron chi connectivity index (χ3n) is 5.35. The molecule has 0 spiro atoms. The van der Waals surface area contributed by atoms with Gasteiger partial charge in [0.05, 0.1) is 5.39 Å². The van der Waals surface area contributed by atoms with Crippen LogP contribution in [0.5, 0.6) is 0 Å². The number of fused-ring (bicyclic) bond motifs is 1. The molecule has 0 aliphatic carbocycles. The van der Waals surface area contributed by atoms with Gasteiger partial charge in [0, 0.05) is 21.8 Å². The highest BCUT2D eigenvalue weighted by Crippen LogP contribution is 2.40. The summed E-state index contributed by atoms with van der Waals surface area (Å²) in [5, 5.41) is 6.66. The number of hydrogen-bond acceptors (Lipinski definition) is 5. The minimum Gasteiger partial charge on any atom is -0.383 e. The number of nitrogen functional groups attached to an aromatic ring is 1. The Labute approximate surface area is 191 Å². The second-order valence-corrected chi connectivity index (χ2v) is 9.76. The van der Waals surface area contributed by atoms with E-state index in [1.165, 1.54) is 16.8 Å². The molecule has 2 heterocycles. The molecule has 2 amide bonds. The Morgan fingerprint density at radius 3 is 2.12 bits per heavy atom. The Balaban J connectivity index is 1.50. The van der Waals surface area contributed by atoms with Gasteiger partial charge in [0.15, 0.2) is 0 Å². The number of aryl methyl sites for hydroxylation is 1. The zero-order chi connectivity index (χ0) is 22.9. The fraction of sp³-hybridized carbons (Fsp3) is 0.240. The first-order valence-corrected chi connectivity index (χ1v) is 11.4. The third-order valence-corrected chi connectivity index (χ3v) is 6.59. The molecule has 4 N–H and O–H groups in total. The molecule has 0 aliphatic heterocycles. The van der Waals surface area contributed by atoms with Gasteiger partial charge in [-0.25, -0.2) is 14.8 Å². The molecular weight excluding hydrogens is 418 g/mol. The van der Waals surface area contributed by atoms with E-state index >= 15 is 0 Å². The van der Waals surface area contributed by atoms with Gasteiger partial charge < -0.3 is 16.4 Å². The number of amides is 2. The smallest absolute Gasteiger partial charge is 0.323 e. The lowest BCUT2D eigenvalue weighted by Crippen LogP contribution is -2.19. The first-order valence-electron chi connectivity index (χ1n) is 10.6. The first-order chi connectivity index (χ1) is 15.3. The SMILES string of the molecule is CCc1sc2ncnc(N)c2c1-c1ccc(NC(=O)Nc2ccc(C(C)(C)C)cc2)cc1. The van der Waals surface area contributed by atoms with Gasteiger partial charge in [-0.2, -0.15) is 0 Å². The summed E-state index contributed by atoms with van der Waals surface area (Å²) in [6.07, 6.45) is 2.38. The molecule has 0 aliphatic rings. The molecule has 4 rings (SSSR count). The molecule has 0 fully saturated rings. The average Bonchev–Trinajstić information content (AvgIpc) is 3.14. The van der Waals surface area contributed by atoms with Crippen LogP contribution >= 0.6 is 11.3 Å². The summed E-state index contributed by atoms with van der Waals surface area (Å²) >= 11 is 1.64. The highest BCUT2D eigenvalue weighted by atomic mass is 32.1. The van der Waals surface area contributed by atoms with E-state index in [0.29, 0.717) is 11.5 Å². The van der Waals surface area contributed by atoms with E-state index in [1.807, 2.05) is 48.5 Å². The minimum atomic E-state index is -0.283. The van der Waals surface area contributed by atoms with Crippen molar-refractivity contribution >= 4 is 44.8 Å². The molecule has 0 atom stereocenters. The highest BCUT2D eigenvalue weighted by Gasteiger charge is 2.17. The third kappa shape index (κ3) is 4.43. The molecule has 164 valence electrons. The van der Waals surface area contributed by atoms with Crippen molar-refractivity contribution in [1.29, 1.82) is 0 Å². The van der Waals surface area contributed by atoms with Crippen LogP contribution in [-0.2, 0) is 11.8 Å². The second kappa shape index (κ2) is 8.59. The van der Waals surface area contributed by atoms with E-state index in [4.69, 9.17) is 5.73 Å². The van der Waals surface area contributed by atoms with Crippen molar-refractivity contribution in [3.63, 3.8) is 0 Å². The predicted molar refractivity (Wildman–Crippen MR) is 134 cm³/mol. The maximum atomic E-state index is 12.4. The van der Waals surface area contributed by atoms with Crippen LogP contribution in [0.1, 0.15) is 38.1 Å². The normalized spacial score (nSPS) is 11.5. The van der Waals surface area contributed by atoms with Crippen LogP contribution in [0, 0.1) is 0 Å². The summed E-state index contributed by atoms with van der Waals surface area (Å²) in [5.41, 5.74) is 11.0. The Morgan fingerprint density at radius 1 is 0.969 bits per heavy atom. The van der Waals surface area contributed by atoms with Crippen LogP contribution in [-0.4, -0.2) is 16.0 Å². The largest absolute Gasteiger partial charge is 0.383 e. The molecule has 2 aromatic carbocycles. The van der Waals surface area contributed by atoms with Crippen LogP contribution < -0.4 is 16.4 Å². The van der Waals surface area contributed by atoms with Crippen molar-refractivity contribution in [2.24, 2.45) is 0 Å². The number of benzene rings is 2. The van der Waals surface area contributed by atoms with Crippen molar-refractivity contribution < 1.29 is 4.79 Å². The lowest BCUT2D eigenvalue weighted by molar-refractivity contribution is 0.262. The van der Waals surface area contributed by atoms with Crippen molar-refractivity contribution in [2.75, 3.05) is 16.4 Å². The van der Waals surface area contributed by atoms with Crippen molar-refractivity contribution in [3.8, 4) is 11.1 Å². The maximum Gasteiger partial charge on any atom is 0.323 e. The van der Waals surface area contributed by atoms with Gasteiger partial charge in [-0.1, -0.05) is 52.0 Å². The number of nitrogens with zero attached hydrogens (tertiary/aromatic N) is 2. The number of carbonyl (C=O) groups is 1. The summed E-state index contributed by atoms with van der Waals surface area (Å²) in [6.45, 7) is 8.60. The summed E-state index contributed by atoms with van der Waals surface area (Å²) < 4.78 is 0. The predicted octanol–water partition coefficient (Wildman–Crippen LogP) is 6.44. The average molecular weight is 446 g/mol. The molecule has 4 aromatic rings. The first kappa shape index (κ1) is 21.8. The fourth-order valence-electron chi connectivity index (χ4n) is 3.62. The number of thiophene rings is 1. The summed E-state index contributed by atoms with van der Waals surface area (Å²) in [6, 6.07) is 15.4. The Bertz CT molecular complexity index is 1250. The minimum absolute atomic E-state index is 0.0742. The molecule has 0 radical (unpaired) electrons. The van der Waals surface area contributed by atoms with Crippen LogP contribution in [0.25, 0.3) is 21.3 Å². The number of nitrogens with two attached hydrogens (primary N) is 1. The highest BCUT2D eigenvalue weighted by molar-refractivity contribution is 7.19. The molecule has 0 unspecified atom stereocenters. The van der Waals surface area contributed by atoms with Crippen molar-refractivity contribution in [2.45, 2.75) is 39.5 Å². The van der Waals surface area contributed by atoms with Crippen LogP contribution in [0.4, 0.5) is 22.0 Å². The Morgan fingerprint density at radius 2 is 1.56 bits per heavy atom. The number of rotatable bonds is 4. The second-order valence-electron chi connectivity index (χ2n) is 8.68. The van der Waals surface area contributed by atoms with E-state index in [1.54, 1.807) is 11.3 Å². The van der Waals surface area contributed by atoms with E-state index in [0.717, 1.165) is 33.5 Å². The molecule has 32 heavy (non-hydrogen) atoms. The molecule has 0 saturated carbocycles. The quantitative estimate of drug-likeness (QED) is 0.337. The topological polar surface area (TPSA) is 92.9 Å². The van der Waals surface area contributed by atoms with E-state index in [-0.39, 0.29) is 11.4 Å². The van der Waals surface area contributed by atoms with Crippen LogP contribution in [0.2, 0.25) is 0 Å². The number of urea groups is 1. The number of nitrogens with one attached hydrogen (secondary N) is 2. The zero-order valence-corrected chi connectivity index (χ0v) is 19.5. The van der Waals surface area contributed by atoms with Gasteiger partial charge in [-0.05, 0) is 47.2 Å². The maximum absolute atomic E-state index is 12.4. The summed E-state index contributed by atoms with van der Waals surface area (Å²) in [7, 11) is 0. The molecule has 0 bridgehead atoms. The summed E-state index contributed by atoms with van der Waals surface area (Å²) in [4.78, 5) is 23.1. The van der Waals surface area contributed by atoms with Gasteiger partial charge in [0.2, 0.25) is 0 Å². The van der Waals surface area contributed by atoms with E-state index < -0.39 is 0 Å². The number of aromatic nitrogens is 2. The lowest BCUT2D eigenvalue weighted by Gasteiger charge is -2.19. The van der Waals surface area contributed by atoms with Gasteiger partial charge in [0.1, 0.15) is 17.0 Å². The van der Waals surface area contributed by atoms with Gasteiger partial charge >= 0.3 is 6.03 Å². The monoisotopic (exact) mass is 445 g/mol. The van der Waals surface area contributed by atoms with Gasteiger partial charge in [-0.3, -0.25) is 0 Å². The molecule has 0 saturated heterocycles. The molecule has 2 aromatic heterocycles. The van der Waals surface area contributed by atoms with Crippen molar-refractivity contribution in [3.05, 3.63) is 65.3 Å². The molecular formula is C25H27N5OS. The molecule has 6 nitrogen and oxygen atoms in total. The van der Waals surface area contributed by atoms with E-state index in [2.05, 4.69) is 48.3 Å². The fourth-order valence-corrected chi connectivity index (χ4v) is 4.73. The number of carbonyl (C=O) groups excluding carboxylic acids is 1. The summed E-state index contributed by atoms with van der Waals surface area (Å²) in [5.74, 6) is 0.486. The number of hydrogen-bond donors (Lipinski definition) is 3. The van der Waals surface area contributed by atoms with Gasteiger partial charge in [0.25, 0.3) is 0 Å². The Kier molecular flexibility index (Phi) is 5.84. The number of anilines is 3. The van der Waals surface area contributed by atoms with Crippen molar-refractivity contribution in [1.82, 2.24) is 9.97 Å². The van der Waals surface area contributed by atoms with Crippen LogP contribution in [0.3, 0.4) is 0 Å². The van der Waals surface area contributed by atoms with E-state index in [9.17, 15) is 4.79 Å². The Hall–Kier alpha value is -3.45. The lowest BCUT2D eigenvalue weighted by atomic mass is 9.87.